The van der Waals surface area contributed by atoms with E-state index in [1.807, 2.05) is 22.7 Å². The predicted molar refractivity (Wildman–Crippen MR) is 365 cm³/mol. The van der Waals surface area contributed by atoms with Crippen molar-refractivity contribution in [2.24, 2.45) is 0 Å². The summed E-state index contributed by atoms with van der Waals surface area (Å²) in [6.45, 7) is 39.1. The fraction of sp³-hybridized carbons (Fsp3) is 0.377. The Labute approximate surface area is 500 Å². The van der Waals surface area contributed by atoms with E-state index < -0.39 is 0 Å². The van der Waals surface area contributed by atoms with Gasteiger partial charge in [-0.1, -0.05) is 158 Å². The summed E-state index contributed by atoms with van der Waals surface area (Å²) >= 11 is 3.95. The van der Waals surface area contributed by atoms with E-state index in [0.717, 1.165) is 12.8 Å². The summed E-state index contributed by atoms with van der Waals surface area (Å²) in [6.07, 6.45) is 7.19. The van der Waals surface area contributed by atoms with E-state index in [9.17, 15) is 0 Å². The molecule has 2 aliphatic carbocycles. The molecule has 1 saturated carbocycles. The Morgan fingerprint density at radius 2 is 1.14 bits per heavy atom. The summed E-state index contributed by atoms with van der Waals surface area (Å²) in [5.41, 5.74) is 24.7. The van der Waals surface area contributed by atoms with Crippen molar-refractivity contribution in [2.75, 3.05) is 9.80 Å². The number of hydrogen-bond acceptors (Lipinski definition) is 4. The molecule has 0 amide bonds. The molecule has 6 heteroatoms. The maximum atomic E-state index is 2.83. The van der Waals surface area contributed by atoms with Crippen LogP contribution in [0.15, 0.2) is 121 Å². The fourth-order valence-electron chi connectivity index (χ4n) is 17.1. The smallest absolute Gasteiger partial charge is 0.252 e. The van der Waals surface area contributed by atoms with Crippen LogP contribution in [-0.2, 0) is 32.5 Å². The number of nitrogens with zero attached hydrogens (tertiary/aromatic N) is 3. The quantitative estimate of drug-likeness (QED) is 0.160. The first-order chi connectivity index (χ1) is 39.2. The van der Waals surface area contributed by atoms with Crippen molar-refractivity contribution in [1.82, 2.24) is 4.57 Å². The highest BCUT2D eigenvalue weighted by Crippen LogP contribution is 2.62. The van der Waals surface area contributed by atoms with Crippen LogP contribution < -0.4 is 26.2 Å². The Morgan fingerprint density at radius 1 is 0.482 bits per heavy atom. The largest absolute Gasteiger partial charge is 0.334 e. The van der Waals surface area contributed by atoms with Gasteiger partial charge in [-0.05, 0) is 200 Å². The molecule has 0 saturated heterocycles. The zero-order chi connectivity index (χ0) is 57.8. The van der Waals surface area contributed by atoms with Gasteiger partial charge in [0.15, 0.2) is 0 Å². The van der Waals surface area contributed by atoms with Crippen LogP contribution in [0.1, 0.15) is 181 Å². The average Bonchev–Trinajstić information content (AvgIpc) is 1.92. The standard InChI is InChI=1S/C77H80BN3S2/c1-43-36-60-68-61(37-43)80-58-42-52-51(74(11,12)34-35-75(52,13)14)41-49(58)65-50(73(8,9)10)25-30-63-66(65)67-64(82-63)31-27-55(69(67)80)78(68)54-26-24-46(81-56-28-22-45(72(5,6)7)39-53(56)76(15)32-17-18-33-77(76,81)16)40-59(54)79(60)57-21-19-20-47-48-38-44(71(2,3)4)23-29-62(48)83-70(47)57/h19-31,36-42H,17-18,32-35H2,1-16H3. The second-order valence-corrected chi connectivity index (χ2v) is 33.3. The van der Waals surface area contributed by atoms with E-state index in [1.165, 1.54) is 177 Å². The van der Waals surface area contributed by atoms with E-state index in [-0.39, 0.29) is 44.7 Å². The molecule has 3 nitrogen and oxygen atoms in total. The van der Waals surface area contributed by atoms with Crippen LogP contribution in [0.25, 0.3) is 67.8 Å². The molecule has 16 rings (SSSR count). The van der Waals surface area contributed by atoms with Crippen LogP contribution in [-0.4, -0.2) is 16.8 Å². The van der Waals surface area contributed by atoms with Gasteiger partial charge in [0.25, 0.3) is 6.71 Å². The minimum Gasteiger partial charge on any atom is -0.334 e. The molecular formula is C77H80BN3S2. The van der Waals surface area contributed by atoms with Crippen LogP contribution in [0.2, 0.25) is 0 Å². The molecule has 8 aromatic carbocycles. The van der Waals surface area contributed by atoms with Gasteiger partial charge >= 0.3 is 0 Å². The lowest BCUT2D eigenvalue weighted by molar-refractivity contribution is 0.195. The molecule has 0 spiro atoms. The number of anilines is 5. The molecule has 418 valence electrons. The third kappa shape index (κ3) is 6.92. The molecule has 2 atom stereocenters. The number of aryl methyl sites for hydroxylation is 1. The number of benzene rings is 8. The van der Waals surface area contributed by atoms with Gasteiger partial charge in [-0.15, -0.1) is 22.7 Å². The van der Waals surface area contributed by atoms with Crippen molar-refractivity contribution < 1.29 is 0 Å². The summed E-state index contributed by atoms with van der Waals surface area (Å²) in [5.74, 6) is 0. The van der Waals surface area contributed by atoms with Crippen molar-refractivity contribution in [2.45, 2.75) is 187 Å². The maximum absolute atomic E-state index is 2.83. The highest BCUT2D eigenvalue weighted by atomic mass is 32.1. The Hall–Kier alpha value is -6.34. The molecule has 3 aliphatic heterocycles. The van der Waals surface area contributed by atoms with E-state index >= 15 is 0 Å². The second kappa shape index (κ2) is 16.5. The monoisotopic (exact) mass is 1120 g/mol. The lowest BCUT2D eigenvalue weighted by Gasteiger charge is -2.50. The lowest BCUT2D eigenvalue weighted by atomic mass is 9.33. The lowest BCUT2D eigenvalue weighted by Crippen LogP contribution is -2.60. The number of rotatable bonds is 2. The van der Waals surface area contributed by atoms with E-state index in [2.05, 4.69) is 246 Å². The van der Waals surface area contributed by atoms with Crippen molar-refractivity contribution in [1.29, 1.82) is 0 Å². The predicted octanol–water partition coefficient (Wildman–Crippen LogP) is 20.4. The SMILES string of the molecule is Cc1cc2c3c(c1)-n1c4cc5c(cc4c4c(C(C)(C)C)ccc6sc7ccc(c1c7c64)B3c1ccc(N3c4ccc(C(C)(C)C)cc4C4(C)CCCCC34C)cc1N2c1cccc2c1sc1ccc(C(C)(C)C)cc12)C(C)(C)CCC5(C)C. The van der Waals surface area contributed by atoms with Crippen LogP contribution >= 0.6 is 22.7 Å². The maximum Gasteiger partial charge on any atom is 0.252 e. The van der Waals surface area contributed by atoms with Gasteiger partial charge in [-0.25, -0.2) is 0 Å². The highest BCUT2D eigenvalue weighted by molar-refractivity contribution is 7.27. The Kier molecular flexibility index (Phi) is 10.4. The highest BCUT2D eigenvalue weighted by Gasteiger charge is 2.58. The first kappa shape index (κ1) is 52.2. The zero-order valence-corrected chi connectivity index (χ0v) is 53.7. The molecule has 2 unspecified atom stereocenters. The Morgan fingerprint density at radius 3 is 1.89 bits per heavy atom. The molecular weight excluding hydrogens is 1040 g/mol. The van der Waals surface area contributed by atoms with E-state index in [1.54, 1.807) is 0 Å². The zero-order valence-electron chi connectivity index (χ0n) is 52.0. The van der Waals surface area contributed by atoms with Gasteiger partial charge < -0.3 is 14.4 Å². The van der Waals surface area contributed by atoms with Crippen LogP contribution in [0, 0.1) is 6.92 Å². The normalized spacial score (nSPS) is 20.7. The van der Waals surface area contributed by atoms with Gasteiger partial charge in [-0.3, -0.25) is 0 Å². The second-order valence-electron chi connectivity index (χ2n) is 31.2. The third-order valence-corrected chi connectivity index (χ3v) is 24.4. The molecule has 6 heterocycles. The minimum atomic E-state index is -0.103. The van der Waals surface area contributed by atoms with Gasteiger partial charge in [0, 0.05) is 74.9 Å². The summed E-state index contributed by atoms with van der Waals surface area (Å²) in [4.78, 5) is 5.58. The number of thiophene rings is 2. The summed E-state index contributed by atoms with van der Waals surface area (Å²) in [5, 5.41) is 8.36. The van der Waals surface area contributed by atoms with Crippen LogP contribution in [0.5, 0.6) is 0 Å². The third-order valence-electron chi connectivity index (χ3n) is 22.1. The topological polar surface area (TPSA) is 11.4 Å². The van der Waals surface area contributed by atoms with Crippen molar-refractivity contribution >= 4 is 136 Å². The van der Waals surface area contributed by atoms with Gasteiger partial charge in [0.2, 0.25) is 0 Å². The first-order valence-corrected chi connectivity index (χ1v) is 32.8. The molecule has 5 aliphatic rings. The average molecular weight is 1120 g/mol. The Balaban J connectivity index is 1.06. The fourth-order valence-corrected chi connectivity index (χ4v) is 19.4. The van der Waals surface area contributed by atoms with Crippen molar-refractivity contribution in [3.8, 4) is 5.69 Å². The van der Waals surface area contributed by atoms with E-state index in [0.29, 0.717) is 0 Å². The van der Waals surface area contributed by atoms with E-state index in [4.69, 9.17) is 0 Å². The van der Waals surface area contributed by atoms with Gasteiger partial charge in [0.05, 0.1) is 27.0 Å². The molecule has 0 radical (unpaired) electrons. The Bertz CT molecular complexity index is 4710. The van der Waals surface area contributed by atoms with Gasteiger partial charge in [-0.2, -0.15) is 0 Å². The van der Waals surface area contributed by atoms with Crippen LogP contribution in [0.4, 0.5) is 28.4 Å². The van der Waals surface area contributed by atoms with Gasteiger partial charge in [0.1, 0.15) is 0 Å². The van der Waals surface area contributed by atoms with Crippen LogP contribution in [0.3, 0.4) is 0 Å². The van der Waals surface area contributed by atoms with Crippen molar-refractivity contribution in [3.05, 3.63) is 160 Å². The summed E-state index contributed by atoms with van der Waals surface area (Å²) < 4.78 is 8.25. The molecule has 11 aromatic rings. The summed E-state index contributed by atoms with van der Waals surface area (Å²) in [6, 6.07) is 50.3. The minimum absolute atomic E-state index is 0.00353. The summed E-state index contributed by atoms with van der Waals surface area (Å²) in [7, 11) is 0. The number of aromatic nitrogens is 1. The number of fused-ring (bicyclic) bond motifs is 14. The molecule has 0 bridgehead atoms. The molecule has 3 aromatic heterocycles. The number of hydrogen-bond donors (Lipinski definition) is 0. The first-order valence-electron chi connectivity index (χ1n) is 31.2. The molecule has 0 N–H and O–H groups in total. The molecule has 1 fully saturated rings. The van der Waals surface area contributed by atoms with Crippen molar-refractivity contribution in [3.63, 3.8) is 0 Å². The molecule has 83 heavy (non-hydrogen) atoms.